The Morgan fingerprint density at radius 3 is 2.29 bits per heavy atom. The van der Waals surface area contributed by atoms with Gasteiger partial charge in [0.25, 0.3) is 9.70 Å². The summed E-state index contributed by atoms with van der Waals surface area (Å²) in [5.41, 5.74) is 0.869. The molecule has 0 aliphatic carbocycles. The quantitative estimate of drug-likeness (QED) is 0.813. The van der Waals surface area contributed by atoms with Crippen molar-refractivity contribution >= 4 is 58.0 Å². The molecular formula is C13H15Cl3N2O3. The number of benzene rings is 1. The van der Waals surface area contributed by atoms with Gasteiger partial charge in [0.1, 0.15) is 5.75 Å². The highest BCUT2D eigenvalue weighted by Crippen LogP contribution is 2.31. The third-order valence-corrected chi connectivity index (χ3v) is 3.01. The SMILES string of the molecule is COc1cc(NC(=O)C(Cl)(Cl)Cl)ccc1NC(=O)C(C)C. The molecule has 0 aromatic heterocycles. The lowest BCUT2D eigenvalue weighted by atomic mass is 10.2. The zero-order valence-corrected chi connectivity index (χ0v) is 13.9. The van der Waals surface area contributed by atoms with E-state index in [0.717, 1.165) is 0 Å². The van der Waals surface area contributed by atoms with E-state index >= 15 is 0 Å². The first-order valence-electron chi connectivity index (χ1n) is 6.02. The van der Waals surface area contributed by atoms with Gasteiger partial charge in [0.2, 0.25) is 5.91 Å². The normalized spacial score (nSPS) is 11.2. The fourth-order valence-corrected chi connectivity index (χ4v) is 1.49. The van der Waals surface area contributed by atoms with Gasteiger partial charge in [0, 0.05) is 17.7 Å². The second-order valence-electron chi connectivity index (χ2n) is 4.51. The Bertz CT molecular complexity index is 542. The number of nitrogens with one attached hydrogen (secondary N) is 2. The second kappa shape index (κ2) is 7.20. The summed E-state index contributed by atoms with van der Waals surface area (Å²) >= 11 is 16.4. The van der Waals surface area contributed by atoms with E-state index in [1.54, 1.807) is 26.0 Å². The third-order valence-electron chi connectivity index (χ3n) is 2.50. The van der Waals surface area contributed by atoms with Crippen LogP contribution in [0.15, 0.2) is 18.2 Å². The molecule has 0 aliphatic heterocycles. The van der Waals surface area contributed by atoms with Crippen molar-refractivity contribution in [3.63, 3.8) is 0 Å². The molecule has 5 nitrogen and oxygen atoms in total. The van der Waals surface area contributed by atoms with Gasteiger partial charge in [0.15, 0.2) is 0 Å². The molecule has 2 amide bonds. The Morgan fingerprint density at radius 1 is 1.19 bits per heavy atom. The smallest absolute Gasteiger partial charge is 0.276 e. The second-order valence-corrected chi connectivity index (χ2v) is 6.79. The van der Waals surface area contributed by atoms with Crippen LogP contribution in [0.5, 0.6) is 5.75 Å². The summed E-state index contributed by atoms with van der Waals surface area (Å²) < 4.78 is 3.11. The molecule has 0 fully saturated rings. The molecule has 1 rings (SSSR count). The Hall–Kier alpha value is -1.17. The number of methoxy groups -OCH3 is 1. The molecule has 0 aliphatic rings. The molecule has 0 saturated carbocycles. The maximum atomic E-state index is 11.7. The standard InChI is InChI=1S/C13H15Cl3N2O3/c1-7(2)11(19)18-9-5-4-8(6-10(9)21-3)17-12(20)13(14,15)16/h4-7H,1-3H3,(H,17,20)(H,18,19). The summed E-state index contributed by atoms with van der Waals surface area (Å²) in [5, 5.41) is 5.15. The zero-order chi connectivity index (χ0) is 16.2. The number of carbonyl (C=O) groups is 2. The van der Waals surface area contributed by atoms with Gasteiger partial charge in [0.05, 0.1) is 12.8 Å². The van der Waals surface area contributed by atoms with E-state index in [1.165, 1.54) is 13.2 Å². The number of carbonyl (C=O) groups excluding carboxylic acids is 2. The predicted molar refractivity (Wildman–Crippen MR) is 85.4 cm³/mol. The number of hydrogen-bond acceptors (Lipinski definition) is 3. The van der Waals surface area contributed by atoms with Crippen LogP contribution >= 0.6 is 34.8 Å². The van der Waals surface area contributed by atoms with Crippen molar-refractivity contribution in [2.24, 2.45) is 5.92 Å². The van der Waals surface area contributed by atoms with E-state index < -0.39 is 9.70 Å². The predicted octanol–water partition coefficient (Wildman–Crippen LogP) is 3.60. The van der Waals surface area contributed by atoms with E-state index in [1.807, 2.05) is 0 Å². The number of rotatable bonds is 4. The number of ether oxygens (including phenoxy) is 1. The minimum Gasteiger partial charge on any atom is -0.494 e. The highest BCUT2D eigenvalue weighted by Gasteiger charge is 2.30. The Morgan fingerprint density at radius 2 is 1.81 bits per heavy atom. The van der Waals surface area contributed by atoms with Gasteiger partial charge in [-0.15, -0.1) is 0 Å². The van der Waals surface area contributed by atoms with Gasteiger partial charge >= 0.3 is 0 Å². The number of halogens is 3. The van der Waals surface area contributed by atoms with Gasteiger partial charge in [-0.25, -0.2) is 0 Å². The van der Waals surface area contributed by atoms with Gasteiger partial charge in [-0.3, -0.25) is 9.59 Å². The first-order chi connectivity index (χ1) is 9.65. The largest absolute Gasteiger partial charge is 0.494 e. The van der Waals surface area contributed by atoms with Crippen molar-refractivity contribution in [1.29, 1.82) is 0 Å². The van der Waals surface area contributed by atoms with Crippen molar-refractivity contribution in [2.75, 3.05) is 17.7 Å². The van der Waals surface area contributed by atoms with E-state index in [2.05, 4.69) is 10.6 Å². The maximum absolute atomic E-state index is 11.7. The van der Waals surface area contributed by atoms with E-state index in [9.17, 15) is 9.59 Å². The molecule has 1 aromatic rings. The number of anilines is 2. The van der Waals surface area contributed by atoms with Gasteiger partial charge < -0.3 is 15.4 Å². The lowest BCUT2D eigenvalue weighted by Gasteiger charge is -2.15. The average molecular weight is 354 g/mol. The molecule has 21 heavy (non-hydrogen) atoms. The molecule has 0 spiro atoms. The number of alkyl halides is 3. The van der Waals surface area contributed by atoms with Crippen molar-refractivity contribution in [3.05, 3.63) is 18.2 Å². The van der Waals surface area contributed by atoms with Crippen molar-refractivity contribution in [1.82, 2.24) is 0 Å². The van der Waals surface area contributed by atoms with Gasteiger partial charge in [-0.2, -0.15) is 0 Å². The third kappa shape index (κ3) is 5.26. The first-order valence-corrected chi connectivity index (χ1v) is 7.15. The highest BCUT2D eigenvalue weighted by molar-refractivity contribution is 6.76. The molecule has 1 aromatic carbocycles. The summed E-state index contributed by atoms with van der Waals surface area (Å²) in [6.45, 7) is 3.55. The molecule has 0 bridgehead atoms. The lowest BCUT2D eigenvalue weighted by molar-refractivity contribution is -0.119. The molecule has 8 heteroatoms. The maximum Gasteiger partial charge on any atom is 0.276 e. The molecule has 0 atom stereocenters. The minimum atomic E-state index is -2.06. The molecule has 2 N–H and O–H groups in total. The van der Waals surface area contributed by atoms with Crippen LogP contribution in [0.3, 0.4) is 0 Å². The fraction of sp³-hybridized carbons (Fsp3) is 0.385. The molecule has 0 radical (unpaired) electrons. The van der Waals surface area contributed by atoms with E-state index in [0.29, 0.717) is 17.1 Å². The zero-order valence-electron chi connectivity index (χ0n) is 11.7. The first kappa shape index (κ1) is 17.9. The van der Waals surface area contributed by atoms with Gasteiger partial charge in [-0.05, 0) is 12.1 Å². The Kier molecular flexibility index (Phi) is 6.13. The fourth-order valence-electron chi connectivity index (χ4n) is 1.35. The van der Waals surface area contributed by atoms with Crippen LogP contribution in [0.1, 0.15) is 13.8 Å². The van der Waals surface area contributed by atoms with Crippen LogP contribution in [0, 0.1) is 5.92 Å². The Labute approximate surface area is 137 Å². The number of amides is 2. The van der Waals surface area contributed by atoms with Crippen LogP contribution in [0.25, 0.3) is 0 Å². The van der Waals surface area contributed by atoms with Crippen molar-refractivity contribution < 1.29 is 14.3 Å². The minimum absolute atomic E-state index is 0.147. The van der Waals surface area contributed by atoms with Crippen LogP contribution in [-0.2, 0) is 9.59 Å². The lowest BCUT2D eigenvalue weighted by Crippen LogP contribution is -2.27. The monoisotopic (exact) mass is 352 g/mol. The van der Waals surface area contributed by atoms with Crippen LogP contribution in [0.4, 0.5) is 11.4 Å². The summed E-state index contributed by atoms with van der Waals surface area (Å²) in [6.07, 6.45) is 0. The van der Waals surface area contributed by atoms with Crippen molar-refractivity contribution in [3.8, 4) is 5.75 Å². The van der Waals surface area contributed by atoms with Crippen LogP contribution in [-0.4, -0.2) is 22.7 Å². The molecule has 0 heterocycles. The van der Waals surface area contributed by atoms with Crippen LogP contribution < -0.4 is 15.4 Å². The van der Waals surface area contributed by atoms with E-state index in [4.69, 9.17) is 39.5 Å². The van der Waals surface area contributed by atoms with Crippen LogP contribution in [0.2, 0.25) is 0 Å². The Balaban J connectivity index is 2.94. The molecular weight excluding hydrogens is 339 g/mol. The molecule has 0 saturated heterocycles. The van der Waals surface area contributed by atoms with E-state index in [-0.39, 0.29) is 11.8 Å². The molecule has 116 valence electrons. The summed E-state index contributed by atoms with van der Waals surface area (Å²) in [6, 6.07) is 4.67. The summed E-state index contributed by atoms with van der Waals surface area (Å²) in [5.74, 6) is -0.718. The van der Waals surface area contributed by atoms with Gasteiger partial charge in [-0.1, -0.05) is 48.7 Å². The highest BCUT2D eigenvalue weighted by atomic mass is 35.6. The summed E-state index contributed by atoms with van der Waals surface area (Å²) in [4.78, 5) is 23.3. The topological polar surface area (TPSA) is 67.4 Å². The van der Waals surface area contributed by atoms with Crippen molar-refractivity contribution in [2.45, 2.75) is 17.6 Å². The summed E-state index contributed by atoms with van der Waals surface area (Å²) in [7, 11) is 1.45. The number of hydrogen-bond donors (Lipinski definition) is 2. The average Bonchev–Trinajstić information content (AvgIpc) is 2.38. The molecule has 0 unspecified atom stereocenters.